The number of hydrogen-bond acceptors (Lipinski definition) is 10. The summed E-state index contributed by atoms with van der Waals surface area (Å²) in [4.78, 5) is 32.2. The predicted octanol–water partition coefficient (Wildman–Crippen LogP) is 3.74. The maximum absolute atomic E-state index is 14.4. The molecule has 1 aliphatic heterocycles. The molecule has 3 aromatic heterocycles. The molecule has 4 aromatic rings. The Labute approximate surface area is 228 Å². The average molecular weight is 558 g/mol. The second-order valence-corrected chi connectivity index (χ2v) is 10.0. The highest BCUT2D eigenvalue weighted by molar-refractivity contribution is 5.93. The number of anilines is 2. The van der Waals surface area contributed by atoms with Gasteiger partial charge in [0.05, 0.1) is 25.8 Å². The number of alkyl halides is 2. The summed E-state index contributed by atoms with van der Waals surface area (Å²) in [6.07, 6.45) is -1.98. The van der Waals surface area contributed by atoms with Crippen LogP contribution in [0.2, 0.25) is 0 Å². The van der Waals surface area contributed by atoms with E-state index in [2.05, 4.69) is 30.4 Å². The number of amides is 1. The number of methoxy groups -OCH3 is 1. The number of aromatic nitrogens is 7. The molecule has 0 unspecified atom stereocenters. The summed E-state index contributed by atoms with van der Waals surface area (Å²) in [6.45, 7) is 7.13. The number of morpholine rings is 1. The maximum atomic E-state index is 14.4. The third-order valence-electron chi connectivity index (χ3n) is 5.86. The first-order chi connectivity index (χ1) is 19.0. The molecule has 0 aliphatic carbocycles. The summed E-state index contributed by atoms with van der Waals surface area (Å²) in [5.74, 6) is -0.0490. The van der Waals surface area contributed by atoms with Crippen molar-refractivity contribution in [3.8, 4) is 23.2 Å². The molecular weight excluding hydrogens is 528 g/mol. The van der Waals surface area contributed by atoms with Crippen LogP contribution >= 0.6 is 0 Å². The van der Waals surface area contributed by atoms with Crippen molar-refractivity contribution in [3.05, 3.63) is 30.2 Å². The van der Waals surface area contributed by atoms with Gasteiger partial charge in [0.2, 0.25) is 11.9 Å². The van der Waals surface area contributed by atoms with Crippen molar-refractivity contribution in [2.24, 2.45) is 7.05 Å². The molecule has 4 heterocycles. The summed E-state index contributed by atoms with van der Waals surface area (Å²) >= 11 is 0. The lowest BCUT2D eigenvalue weighted by Crippen LogP contribution is -2.37. The van der Waals surface area contributed by atoms with Gasteiger partial charge in [-0.25, -0.2) is 18.6 Å². The van der Waals surface area contributed by atoms with Gasteiger partial charge in [0, 0.05) is 38.1 Å². The van der Waals surface area contributed by atoms with E-state index in [4.69, 9.17) is 14.2 Å². The minimum absolute atomic E-state index is 0.0913. The molecule has 0 spiro atoms. The number of aryl methyl sites for hydroxylation is 1. The molecule has 15 heteroatoms. The Morgan fingerprint density at radius 3 is 2.45 bits per heavy atom. The molecule has 1 aliphatic rings. The van der Waals surface area contributed by atoms with Crippen LogP contribution in [0.1, 0.15) is 33.0 Å². The van der Waals surface area contributed by atoms with E-state index in [0.717, 1.165) is 4.57 Å². The van der Waals surface area contributed by atoms with Gasteiger partial charge >= 0.3 is 6.09 Å². The maximum Gasteiger partial charge on any atom is 0.412 e. The molecule has 1 fully saturated rings. The zero-order valence-electron chi connectivity index (χ0n) is 22.7. The van der Waals surface area contributed by atoms with E-state index in [0.29, 0.717) is 32.0 Å². The first-order valence-corrected chi connectivity index (χ1v) is 12.5. The number of carbonyl (C=O) groups is 1. The minimum Gasteiger partial charge on any atom is -0.494 e. The van der Waals surface area contributed by atoms with E-state index in [-0.39, 0.29) is 40.2 Å². The smallest absolute Gasteiger partial charge is 0.412 e. The van der Waals surface area contributed by atoms with Crippen LogP contribution in [0.5, 0.6) is 5.75 Å². The van der Waals surface area contributed by atoms with E-state index in [9.17, 15) is 13.6 Å². The van der Waals surface area contributed by atoms with Gasteiger partial charge in [-0.3, -0.25) is 14.6 Å². The first kappa shape index (κ1) is 27.2. The lowest BCUT2D eigenvalue weighted by atomic mass is 10.2. The molecule has 1 amide bonds. The Hall–Kier alpha value is -4.40. The van der Waals surface area contributed by atoms with E-state index in [1.807, 2.05) is 4.90 Å². The number of rotatable bonds is 6. The van der Waals surface area contributed by atoms with Crippen molar-refractivity contribution >= 4 is 28.8 Å². The summed E-state index contributed by atoms with van der Waals surface area (Å²) in [5, 5.41) is 7.01. The van der Waals surface area contributed by atoms with Gasteiger partial charge in [0.25, 0.3) is 6.43 Å². The largest absolute Gasteiger partial charge is 0.494 e. The summed E-state index contributed by atoms with van der Waals surface area (Å²) in [5.41, 5.74) is 0.263. The molecule has 0 bridgehead atoms. The number of fused-ring (bicyclic) bond motifs is 1. The Balaban J connectivity index is 1.70. The van der Waals surface area contributed by atoms with Crippen molar-refractivity contribution in [1.82, 2.24) is 34.3 Å². The van der Waals surface area contributed by atoms with Gasteiger partial charge in [-0.2, -0.15) is 20.1 Å². The highest BCUT2D eigenvalue weighted by atomic mass is 19.3. The standard InChI is InChI=1S/C25H29F2N9O4/c1-25(2,3)40-24(37)28-14-12-16-18(17(13-14)38-5)29-21(19(26)27)36(16)23-31-20(15-6-7-34(4)33-15)30-22(32-23)35-8-10-39-11-9-35/h6-7,12-13,19H,8-11H2,1-5H3,(H,28,37). The molecular formula is C25H29F2N9O4. The quantitative estimate of drug-likeness (QED) is 0.374. The summed E-state index contributed by atoms with van der Waals surface area (Å²) in [7, 11) is 3.13. The highest BCUT2D eigenvalue weighted by Gasteiger charge is 2.27. The van der Waals surface area contributed by atoms with E-state index in [1.54, 1.807) is 44.8 Å². The van der Waals surface area contributed by atoms with E-state index < -0.39 is 23.9 Å². The van der Waals surface area contributed by atoms with Crippen LogP contribution in [-0.2, 0) is 16.5 Å². The number of carbonyl (C=O) groups excluding carboxylic acids is 1. The number of ether oxygens (including phenoxy) is 3. The second-order valence-electron chi connectivity index (χ2n) is 10.0. The van der Waals surface area contributed by atoms with Crippen molar-refractivity contribution in [1.29, 1.82) is 0 Å². The molecule has 1 saturated heterocycles. The zero-order valence-corrected chi connectivity index (χ0v) is 22.7. The molecule has 40 heavy (non-hydrogen) atoms. The van der Waals surface area contributed by atoms with Gasteiger partial charge in [0.15, 0.2) is 11.6 Å². The second kappa shape index (κ2) is 10.6. The lowest BCUT2D eigenvalue weighted by Gasteiger charge is -2.27. The highest BCUT2D eigenvalue weighted by Crippen LogP contribution is 2.35. The van der Waals surface area contributed by atoms with E-state index >= 15 is 0 Å². The SMILES string of the molecule is COc1cc(NC(=O)OC(C)(C)C)cc2c1nc(C(F)F)n2-c1nc(-c2ccn(C)n2)nc(N2CCOCC2)n1. The van der Waals surface area contributed by atoms with Crippen molar-refractivity contribution in [2.45, 2.75) is 32.8 Å². The van der Waals surface area contributed by atoms with E-state index in [1.165, 1.54) is 19.2 Å². The number of imidazole rings is 1. The zero-order chi connectivity index (χ0) is 28.6. The average Bonchev–Trinajstić information content (AvgIpc) is 3.51. The Morgan fingerprint density at radius 2 is 1.82 bits per heavy atom. The number of hydrogen-bond donors (Lipinski definition) is 1. The fourth-order valence-corrected chi connectivity index (χ4v) is 4.18. The van der Waals surface area contributed by atoms with Crippen LogP contribution < -0.4 is 15.0 Å². The Bertz CT molecular complexity index is 1540. The van der Waals surface area contributed by atoms with Crippen LogP contribution in [-0.4, -0.2) is 79.4 Å². The van der Waals surface area contributed by atoms with Crippen LogP contribution in [0.15, 0.2) is 24.4 Å². The number of nitrogens with one attached hydrogen (secondary N) is 1. The minimum atomic E-state index is -2.98. The third kappa shape index (κ3) is 5.64. The molecule has 212 valence electrons. The van der Waals surface area contributed by atoms with Gasteiger partial charge in [0.1, 0.15) is 22.6 Å². The van der Waals surface area contributed by atoms with Crippen molar-refractivity contribution in [2.75, 3.05) is 43.6 Å². The van der Waals surface area contributed by atoms with Gasteiger partial charge in [-0.1, -0.05) is 0 Å². The molecule has 1 aromatic carbocycles. The number of halogens is 2. The van der Waals surface area contributed by atoms with Gasteiger partial charge in [-0.05, 0) is 32.9 Å². The molecule has 13 nitrogen and oxygen atoms in total. The fraction of sp³-hybridized carbons (Fsp3) is 0.440. The lowest BCUT2D eigenvalue weighted by molar-refractivity contribution is 0.0636. The van der Waals surface area contributed by atoms with Crippen molar-refractivity contribution < 1.29 is 27.8 Å². The van der Waals surface area contributed by atoms with Crippen LogP contribution in [0.25, 0.3) is 28.5 Å². The van der Waals surface area contributed by atoms with Gasteiger partial charge < -0.3 is 19.1 Å². The molecule has 5 rings (SSSR count). The van der Waals surface area contributed by atoms with Crippen molar-refractivity contribution in [3.63, 3.8) is 0 Å². The van der Waals surface area contributed by atoms with Crippen LogP contribution in [0, 0.1) is 0 Å². The molecule has 0 saturated carbocycles. The van der Waals surface area contributed by atoms with Crippen LogP contribution in [0.3, 0.4) is 0 Å². The normalized spacial score (nSPS) is 14.2. The predicted molar refractivity (Wildman–Crippen MR) is 141 cm³/mol. The summed E-state index contributed by atoms with van der Waals surface area (Å²) in [6, 6.07) is 4.68. The first-order valence-electron chi connectivity index (χ1n) is 12.5. The molecule has 1 N–H and O–H groups in total. The fourth-order valence-electron chi connectivity index (χ4n) is 4.18. The molecule has 0 atom stereocenters. The van der Waals surface area contributed by atoms with Crippen LogP contribution in [0.4, 0.5) is 25.2 Å². The third-order valence-corrected chi connectivity index (χ3v) is 5.86. The molecule has 0 radical (unpaired) electrons. The topological polar surface area (TPSA) is 134 Å². The van der Waals surface area contributed by atoms with Gasteiger partial charge in [-0.15, -0.1) is 0 Å². The Kier molecular flexibility index (Phi) is 7.23. The number of nitrogens with zero attached hydrogens (tertiary/aromatic N) is 8. The monoisotopic (exact) mass is 557 g/mol. The summed E-state index contributed by atoms with van der Waals surface area (Å²) < 4.78 is 47.8. The Morgan fingerprint density at radius 1 is 1.10 bits per heavy atom. The number of benzene rings is 1.